The van der Waals surface area contributed by atoms with Gasteiger partial charge in [0.05, 0.1) is 0 Å². The number of methoxy groups -OCH3 is 1. The van der Waals surface area contributed by atoms with E-state index in [1.54, 1.807) is 7.11 Å². The topological polar surface area (TPSA) is 9.23 Å². The van der Waals surface area contributed by atoms with Crippen molar-refractivity contribution in [2.75, 3.05) is 13.7 Å². The average Bonchev–Trinajstić information content (AvgIpc) is 2.79. The van der Waals surface area contributed by atoms with Crippen LogP contribution in [0.25, 0.3) is 0 Å². The number of hydrogen-bond donors (Lipinski definition) is 0. The molecule has 0 atom stereocenters. The van der Waals surface area contributed by atoms with Crippen LogP contribution < -0.4 is 0 Å². The van der Waals surface area contributed by atoms with Crippen LogP contribution in [0, 0.1) is 0 Å². The third kappa shape index (κ3) is 3.99. The molecule has 0 bridgehead atoms. The zero-order valence-corrected chi connectivity index (χ0v) is 11.0. The Balaban J connectivity index is 1.90. The highest BCUT2D eigenvalue weighted by atomic mass is 32.1. The Morgan fingerprint density at radius 1 is 1.00 bits per heavy atom. The largest absolute Gasteiger partial charge is 0.385 e. The second kappa shape index (κ2) is 6.58. The normalized spacial score (nSPS) is 10.6. The number of rotatable bonds is 6. The van der Waals surface area contributed by atoms with Crippen molar-refractivity contribution in [1.29, 1.82) is 0 Å². The van der Waals surface area contributed by atoms with Crippen molar-refractivity contribution in [2.45, 2.75) is 19.3 Å². The fraction of sp³-hybridized carbons (Fsp3) is 0.333. The first-order chi connectivity index (χ1) is 8.38. The van der Waals surface area contributed by atoms with Crippen LogP contribution in [0.1, 0.15) is 21.7 Å². The lowest BCUT2D eigenvalue weighted by molar-refractivity contribution is 0.195. The average molecular weight is 246 g/mol. The van der Waals surface area contributed by atoms with Crippen LogP contribution in [0.3, 0.4) is 0 Å². The third-order valence-corrected chi connectivity index (χ3v) is 3.86. The smallest absolute Gasteiger partial charge is 0.0465 e. The second-order valence-corrected chi connectivity index (χ2v) is 5.38. The van der Waals surface area contributed by atoms with Gasteiger partial charge in [-0.05, 0) is 30.5 Å². The molecule has 0 N–H and O–H groups in total. The second-order valence-electron chi connectivity index (χ2n) is 4.13. The van der Waals surface area contributed by atoms with Crippen LogP contribution in [0.2, 0.25) is 0 Å². The summed E-state index contributed by atoms with van der Waals surface area (Å²) in [6.07, 6.45) is 3.30. The molecular formula is C15H18OS. The van der Waals surface area contributed by atoms with E-state index in [4.69, 9.17) is 4.74 Å². The van der Waals surface area contributed by atoms with E-state index in [1.165, 1.54) is 15.3 Å². The van der Waals surface area contributed by atoms with E-state index >= 15 is 0 Å². The van der Waals surface area contributed by atoms with E-state index in [0.717, 1.165) is 25.9 Å². The minimum atomic E-state index is 0.853. The standard InChI is InChI=1S/C15H18OS/c1-16-11-5-8-14-9-10-15(17-14)12-13-6-3-2-4-7-13/h2-4,6-7,9-10H,5,8,11-12H2,1H3. The quantitative estimate of drug-likeness (QED) is 0.702. The van der Waals surface area contributed by atoms with E-state index < -0.39 is 0 Å². The van der Waals surface area contributed by atoms with Gasteiger partial charge in [-0.25, -0.2) is 0 Å². The maximum atomic E-state index is 5.07. The first-order valence-electron chi connectivity index (χ1n) is 5.99. The Hall–Kier alpha value is -1.12. The summed E-state index contributed by atoms with van der Waals surface area (Å²) in [5.74, 6) is 0. The first kappa shape index (κ1) is 12.3. The summed E-state index contributed by atoms with van der Waals surface area (Å²) in [6.45, 7) is 0.853. The summed E-state index contributed by atoms with van der Waals surface area (Å²) in [6, 6.07) is 15.1. The minimum absolute atomic E-state index is 0.853. The van der Waals surface area contributed by atoms with Gasteiger partial charge in [0.15, 0.2) is 0 Å². The predicted molar refractivity (Wildman–Crippen MR) is 73.8 cm³/mol. The SMILES string of the molecule is COCCCc1ccc(Cc2ccccc2)s1. The summed E-state index contributed by atoms with van der Waals surface area (Å²) in [5, 5.41) is 0. The van der Waals surface area contributed by atoms with Crippen molar-refractivity contribution in [3.05, 3.63) is 57.8 Å². The number of ether oxygens (including phenoxy) is 1. The molecule has 2 aromatic rings. The summed E-state index contributed by atoms with van der Waals surface area (Å²) in [4.78, 5) is 2.91. The lowest BCUT2D eigenvalue weighted by atomic mass is 10.1. The Kier molecular flexibility index (Phi) is 4.77. The molecule has 0 unspecified atom stereocenters. The predicted octanol–water partition coefficient (Wildman–Crippen LogP) is 3.92. The summed E-state index contributed by atoms with van der Waals surface area (Å²) in [7, 11) is 1.76. The first-order valence-corrected chi connectivity index (χ1v) is 6.80. The summed E-state index contributed by atoms with van der Waals surface area (Å²) in [5.41, 5.74) is 1.39. The minimum Gasteiger partial charge on any atom is -0.385 e. The molecule has 2 rings (SSSR count). The molecular weight excluding hydrogens is 228 g/mol. The number of hydrogen-bond acceptors (Lipinski definition) is 2. The zero-order chi connectivity index (χ0) is 11.9. The van der Waals surface area contributed by atoms with Gasteiger partial charge in [0.1, 0.15) is 0 Å². The van der Waals surface area contributed by atoms with Gasteiger partial charge in [0.2, 0.25) is 0 Å². The highest BCUT2D eigenvalue weighted by Crippen LogP contribution is 2.21. The van der Waals surface area contributed by atoms with E-state index in [-0.39, 0.29) is 0 Å². The van der Waals surface area contributed by atoms with E-state index in [0.29, 0.717) is 0 Å². The van der Waals surface area contributed by atoms with Crippen LogP contribution >= 0.6 is 11.3 Å². The Morgan fingerprint density at radius 2 is 1.76 bits per heavy atom. The van der Waals surface area contributed by atoms with E-state index in [2.05, 4.69) is 42.5 Å². The molecule has 0 spiro atoms. The van der Waals surface area contributed by atoms with Crippen molar-refractivity contribution < 1.29 is 4.74 Å². The van der Waals surface area contributed by atoms with Crippen molar-refractivity contribution in [1.82, 2.24) is 0 Å². The lowest BCUT2D eigenvalue weighted by Gasteiger charge is -1.98. The van der Waals surface area contributed by atoms with Crippen molar-refractivity contribution in [2.24, 2.45) is 0 Å². The highest BCUT2D eigenvalue weighted by Gasteiger charge is 2.01. The number of aryl methyl sites for hydroxylation is 1. The monoisotopic (exact) mass is 246 g/mol. The van der Waals surface area contributed by atoms with Crippen LogP contribution in [-0.4, -0.2) is 13.7 Å². The van der Waals surface area contributed by atoms with Crippen molar-refractivity contribution >= 4 is 11.3 Å². The van der Waals surface area contributed by atoms with Gasteiger partial charge in [-0.3, -0.25) is 0 Å². The third-order valence-electron chi connectivity index (χ3n) is 2.71. The van der Waals surface area contributed by atoms with Gasteiger partial charge in [0.25, 0.3) is 0 Å². The molecule has 0 radical (unpaired) electrons. The van der Waals surface area contributed by atoms with E-state index in [9.17, 15) is 0 Å². The molecule has 0 saturated heterocycles. The molecule has 90 valence electrons. The molecule has 1 aromatic carbocycles. The molecule has 2 heteroatoms. The van der Waals surface area contributed by atoms with Crippen LogP contribution in [0.4, 0.5) is 0 Å². The van der Waals surface area contributed by atoms with Crippen LogP contribution in [-0.2, 0) is 17.6 Å². The maximum absolute atomic E-state index is 5.07. The molecule has 0 fully saturated rings. The number of thiophene rings is 1. The molecule has 1 heterocycles. The van der Waals surface area contributed by atoms with Crippen molar-refractivity contribution in [3.63, 3.8) is 0 Å². The van der Waals surface area contributed by atoms with Gasteiger partial charge < -0.3 is 4.74 Å². The molecule has 0 amide bonds. The Labute approximate surface area is 107 Å². The Morgan fingerprint density at radius 3 is 2.53 bits per heavy atom. The molecule has 1 aromatic heterocycles. The summed E-state index contributed by atoms with van der Waals surface area (Å²) >= 11 is 1.92. The molecule has 1 nitrogen and oxygen atoms in total. The highest BCUT2D eigenvalue weighted by molar-refractivity contribution is 7.12. The van der Waals surface area contributed by atoms with Gasteiger partial charge in [-0.2, -0.15) is 0 Å². The Bertz CT molecular complexity index is 433. The molecule has 0 aliphatic rings. The molecule has 0 saturated carbocycles. The zero-order valence-electron chi connectivity index (χ0n) is 10.2. The van der Waals surface area contributed by atoms with Gasteiger partial charge >= 0.3 is 0 Å². The van der Waals surface area contributed by atoms with Crippen LogP contribution in [0.15, 0.2) is 42.5 Å². The molecule has 0 aliphatic carbocycles. The molecule has 17 heavy (non-hydrogen) atoms. The van der Waals surface area contributed by atoms with Gasteiger partial charge in [-0.15, -0.1) is 11.3 Å². The van der Waals surface area contributed by atoms with Crippen LogP contribution in [0.5, 0.6) is 0 Å². The fourth-order valence-corrected chi connectivity index (χ4v) is 2.93. The van der Waals surface area contributed by atoms with E-state index in [1.807, 2.05) is 11.3 Å². The van der Waals surface area contributed by atoms with Crippen molar-refractivity contribution in [3.8, 4) is 0 Å². The summed E-state index contributed by atoms with van der Waals surface area (Å²) < 4.78 is 5.07. The van der Waals surface area contributed by atoms with Gasteiger partial charge in [-0.1, -0.05) is 30.3 Å². The lowest BCUT2D eigenvalue weighted by Crippen LogP contribution is -1.89. The molecule has 0 aliphatic heterocycles. The maximum Gasteiger partial charge on any atom is 0.0465 e. The number of benzene rings is 1. The fourth-order valence-electron chi connectivity index (χ4n) is 1.84. The van der Waals surface area contributed by atoms with Gasteiger partial charge in [0, 0.05) is 29.9 Å².